The second-order valence-corrected chi connectivity index (χ2v) is 7.55. The second kappa shape index (κ2) is 6.73. The van der Waals surface area contributed by atoms with Gasteiger partial charge in [-0.2, -0.15) is 5.21 Å². The lowest BCUT2D eigenvalue weighted by Crippen LogP contribution is -2.44. The number of H-pyrrole nitrogens is 1. The number of carbonyl (C=O) groups excluding carboxylic acids is 1. The molecule has 9 heteroatoms. The number of nitrogens with zero attached hydrogens (tertiary/aromatic N) is 5. The molecule has 1 aromatic heterocycles. The Hall–Kier alpha value is -2.81. The van der Waals surface area contributed by atoms with Crippen LogP contribution in [0.3, 0.4) is 0 Å². The van der Waals surface area contributed by atoms with Crippen molar-refractivity contribution in [3.05, 3.63) is 29.8 Å². The van der Waals surface area contributed by atoms with Crippen LogP contribution in [-0.2, 0) is 4.79 Å². The molecule has 0 saturated carbocycles. The first-order valence-corrected chi connectivity index (χ1v) is 9.04. The number of aromatic amines is 1. The number of amides is 1. The standard InChI is InChI=1S/C18H22N6O3/c1-23-11-18(10-14(23)17(26)27)6-8-24(9-7-18)16(25)13-5-3-2-4-12(13)15-19-21-22-20-15/h2-5,14H,6-11H2,1H3,(H,26,27)(H,19,20,21,22). The highest BCUT2D eigenvalue weighted by molar-refractivity contribution is 6.00. The number of benzene rings is 1. The number of rotatable bonds is 3. The van der Waals surface area contributed by atoms with Crippen LogP contribution >= 0.6 is 0 Å². The average molecular weight is 370 g/mol. The molecule has 2 fully saturated rings. The molecule has 142 valence electrons. The van der Waals surface area contributed by atoms with Crippen molar-refractivity contribution in [3.8, 4) is 11.4 Å². The van der Waals surface area contributed by atoms with Gasteiger partial charge in [-0.05, 0) is 43.0 Å². The quantitative estimate of drug-likeness (QED) is 0.824. The smallest absolute Gasteiger partial charge is 0.320 e. The number of carbonyl (C=O) groups is 2. The minimum atomic E-state index is -0.762. The molecule has 2 aromatic rings. The lowest BCUT2D eigenvalue weighted by molar-refractivity contribution is -0.141. The summed E-state index contributed by atoms with van der Waals surface area (Å²) in [4.78, 5) is 28.3. The molecule has 4 rings (SSSR count). The monoisotopic (exact) mass is 370 g/mol. The van der Waals surface area contributed by atoms with Gasteiger partial charge < -0.3 is 10.0 Å². The van der Waals surface area contributed by atoms with Gasteiger partial charge in [-0.1, -0.05) is 18.2 Å². The Balaban J connectivity index is 1.48. The molecule has 1 spiro atoms. The van der Waals surface area contributed by atoms with E-state index in [0.717, 1.165) is 19.4 Å². The van der Waals surface area contributed by atoms with E-state index in [9.17, 15) is 14.7 Å². The number of likely N-dealkylation sites (N-methyl/N-ethyl adjacent to an activating group) is 1. The van der Waals surface area contributed by atoms with E-state index in [-0.39, 0.29) is 11.3 Å². The Morgan fingerprint density at radius 2 is 2.00 bits per heavy atom. The fraction of sp³-hybridized carbons (Fsp3) is 0.500. The van der Waals surface area contributed by atoms with Crippen molar-refractivity contribution in [2.45, 2.75) is 25.3 Å². The van der Waals surface area contributed by atoms with Gasteiger partial charge in [0.05, 0.1) is 5.56 Å². The molecule has 0 aliphatic carbocycles. The maximum Gasteiger partial charge on any atom is 0.320 e. The van der Waals surface area contributed by atoms with Crippen molar-refractivity contribution in [3.63, 3.8) is 0 Å². The van der Waals surface area contributed by atoms with Crippen LogP contribution < -0.4 is 0 Å². The molecule has 0 bridgehead atoms. The predicted molar refractivity (Wildman–Crippen MR) is 95.9 cm³/mol. The number of carboxylic acids is 1. The van der Waals surface area contributed by atoms with E-state index < -0.39 is 12.0 Å². The van der Waals surface area contributed by atoms with Crippen molar-refractivity contribution in [2.24, 2.45) is 5.41 Å². The molecule has 9 nitrogen and oxygen atoms in total. The van der Waals surface area contributed by atoms with Crippen molar-refractivity contribution in [2.75, 3.05) is 26.7 Å². The fourth-order valence-corrected chi connectivity index (χ4v) is 4.40. The van der Waals surface area contributed by atoms with Gasteiger partial charge in [-0.3, -0.25) is 14.5 Å². The molecule has 1 atom stereocenters. The molecule has 0 radical (unpaired) electrons. The summed E-state index contributed by atoms with van der Waals surface area (Å²) in [6, 6.07) is 6.83. The van der Waals surface area contributed by atoms with E-state index in [0.29, 0.717) is 36.5 Å². The number of aromatic nitrogens is 4. The van der Waals surface area contributed by atoms with Gasteiger partial charge in [0.15, 0.2) is 0 Å². The van der Waals surface area contributed by atoms with Gasteiger partial charge in [-0.15, -0.1) is 10.2 Å². The zero-order chi connectivity index (χ0) is 19.0. The van der Waals surface area contributed by atoms with Crippen LogP contribution in [0.2, 0.25) is 0 Å². The van der Waals surface area contributed by atoms with Gasteiger partial charge in [0, 0.05) is 25.2 Å². The summed E-state index contributed by atoms with van der Waals surface area (Å²) in [5.41, 5.74) is 1.20. The lowest BCUT2D eigenvalue weighted by atomic mass is 9.76. The Kier molecular flexibility index (Phi) is 4.39. The average Bonchev–Trinajstić information content (AvgIpc) is 3.30. The van der Waals surface area contributed by atoms with Gasteiger partial charge in [0.25, 0.3) is 5.91 Å². The Morgan fingerprint density at radius 3 is 2.63 bits per heavy atom. The zero-order valence-corrected chi connectivity index (χ0v) is 15.1. The van der Waals surface area contributed by atoms with Crippen LogP contribution in [0.4, 0.5) is 0 Å². The third-order valence-electron chi connectivity index (χ3n) is 5.88. The number of tetrazole rings is 1. The highest BCUT2D eigenvalue weighted by Crippen LogP contribution is 2.43. The normalized spacial score (nSPS) is 22.3. The van der Waals surface area contributed by atoms with E-state index >= 15 is 0 Å². The molecule has 27 heavy (non-hydrogen) atoms. The summed E-state index contributed by atoms with van der Waals surface area (Å²) >= 11 is 0. The number of likely N-dealkylation sites (tertiary alicyclic amines) is 2. The second-order valence-electron chi connectivity index (χ2n) is 7.55. The minimum Gasteiger partial charge on any atom is -0.480 e. The molecule has 1 amide bonds. The maximum absolute atomic E-state index is 13.1. The van der Waals surface area contributed by atoms with Crippen molar-refractivity contribution in [1.82, 2.24) is 30.4 Å². The number of carboxylic acid groups (broad SMARTS) is 1. The van der Waals surface area contributed by atoms with Gasteiger partial charge >= 0.3 is 5.97 Å². The number of piperidine rings is 1. The Labute approximate surface area is 156 Å². The first kappa shape index (κ1) is 17.6. The number of aliphatic carboxylic acids is 1. The van der Waals surface area contributed by atoms with Gasteiger partial charge in [0.2, 0.25) is 5.82 Å². The largest absolute Gasteiger partial charge is 0.480 e. The third-order valence-corrected chi connectivity index (χ3v) is 5.88. The van der Waals surface area contributed by atoms with Gasteiger partial charge in [0.1, 0.15) is 6.04 Å². The Morgan fingerprint density at radius 1 is 1.26 bits per heavy atom. The molecule has 1 aromatic carbocycles. The molecule has 3 heterocycles. The van der Waals surface area contributed by atoms with E-state index in [1.54, 1.807) is 6.07 Å². The highest BCUT2D eigenvalue weighted by Gasteiger charge is 2.47. The van der Waals surface area contributed by atoms with E-state index in [2.05, 4.69) is 20.6 Å². The molecular formula is C18H22N6O3. The highest BCUT2D eigenvalue weighted by atomic mass is 16.4. The maximum atomic E-state index is 13.1. The number of nitrogens with one attached hydrogen (secondary N) is 1. The molecule has 2 aliphatic heterocycles. The van der Waals surface area contributed by atoms with Crippen molar-refractivity contribution in [1.29, 1.82) is 0 Å². The molecular weight excluding hydrogens is 348 g/mol. The first-order chi connectivity index (χ1) is 13.0. The van der Waals surface area contributed by atoms with Crippen LogP contribution in [0.25, 0.3) is 11.4 Å². The molecule has 2 saturated heterocycles. The van der Waals surface area contributed by atoms with E-state index in [4.69, 9.17) is 0 Å². The van der Waals surface area contributed by atoms with Crippen LogP contribution in [0.5, 0.6) is 0 Å². The summed E-state index contributed by atoms with van der Waals surface area (Å²) in [6.45, 7) is 2.02. The van der Waals surface area contributed by atoms with Crippen molar-refractivity contribution < 1.29 is 14.7 Å². The number of hydrogen-bond donors (Lipinski definition) is 2. The van der Waals surface area contributed by atoms with Crippen LogP contribution in [-0.4, -0.2) is 80.1 Å². The lowest BCUT2D eigenvalue weighted by Gasteiger charge is -2.39. The molecule has 1 unspecified atom stereocenters. The topological polar surface area (TPSA) is 115 Å². The van der Waals surface area contributed by atoms with Crippen LogP contribution in [0, 0.1) is 5.41 Å². The Bertz CT molecular complexity index is 845. The predicted octanol–water partition coefficient (Wildman–Crippen LogP) is 0.878. The summed E-state index contributed by atoms with van der Waals surface area (Å²) in [6.07, 6.45) is 2.29. The van der Waals surface area contributed by atoms with Crippen LogP contribution in [0.15, 0.2) is 24.3 Å². The molecule has 2 aliphatic rings. The third kappa shape index (κ3) is 3.18. The van der Waals surface area contributed by atoms with Crippen molar-refractivity contribution >= 4 is 11.9 Å². The van der Waals surface area contributed by atoms with Gasteiger partial charge in [-0.25, -0.2) is 0 Å². The SMILES string of the molecule is CN1CC2(CCN(C(=O)c3ccccc3-c3nn[nH]n3)CC2)CC1C(=O)O. The molecule has 2 N–H and O–H groups in total. The zero-order valence-electron chi connectivity index (χ0n) is 15.1. The summed E-state index contributed by atoms with van der Waals surface area (Å²) < 4.78 is 0. The minimum absolute atomic E-state index is 0.0121. The van der Waals surface area contributed by atoms with E-state index in [1.807, 2.05) is 35.0 Å². The number of hydrogen-bond acceptors (Lipinski definition) is 6. The van der Waals surface area contributed by atoms with E-state index in [1.165, 1.54) is 0 Å². The van der Waals surface area contributed by atoms with Crippen LogP contribution in [0.1, 0.15) is 29.6 Å². The summed E-state index contributed by atoms with van der Waals surface area (Å²) in [5.74, 6) is -0.414. The summed E-state index contributed by atoms with van der Waals surface area (Å²) in [7, 11) is 1.87. The summed E-state index contributed by atoms with van der Waals surface area (Å²) in [5, 5.41) is 23.3. The first-order valence-electron chi connectivity index (χ1n) is 9.04. The fourth-order valence-electron chi connectivity index (χ4n) is 4.40.